The summed E-state index contributed by atoms with van der Waals surface area (Å²) < 4.78 is 12.1. The molecular weight excluding hydrogens is 424 g/mol. The van der Waals surface area contributed by atoms with Crippen LogP contribution in [-0.4, -0.2) is 36.6 Å². The van der Waals surface area contributed by atoms with E-state index in [2.05, 4.69) is 53.2 Å². The monoisotopic (exact) mass is 458 g/mol. The Balaban J connectivity index is 1.08. The molecule has 1 aromatic heterocycles. The number of carbonyl (C=O) groups excluding carboxylic acids is 1. The molecule has 5 heteroatoms. The second kappa shape index (κ2) is 10.4. The SMILES string of the molecule is C[C@H](CC(=O)Cc1cc[nH]c1)c1ccc(O[C@@H]2CCN(c3ccc(OCC4CC4)cc3)C2)cc1. The highest BCUT2D eigenvalue weighted by atomic mass is 16.5. The van der Waals surface area contributed by atoms with E-state index in [1.807, 2.05) is 30.6 Å². The summed E-state index contributed by atoms with van der Waals surface area (Å²) in [4.78, 5) is 17.8. The van der Waals surface area contributed by atoms with Gasteiger partial charge in [0.1, 0.15) is 23.4 Å². The van der Waals surface area contributed by atoms with Crippen LogP contribution < -0.4 is 14.4 Å². The molecule has 0 radical (unpaired) electrons. The zero-order chi connectivity index (χ0) is 23.3. The molecule has 2 aromatic carbocycles. The lowest BCUT2D eigenvalue weighted by Crippen LogP contribution is -2.24. The lowest BCUT2D eigenvalue weighted by molar-refractivity contribution is -0.118. The van der Waals surface area contributed by atoms with Crippen LogP contribution in [0.15, 0.2) is 67.0 Å². The molecule has 0 unspecified atom stereocenters. The van der Waals surface area contributed by atoms with Crippen LogP contribution in [0.1, 0.15) is 49.7 Å². The highest BCUT2D eigenvalue weighted by Crippen LogP contribution is 2.31. The number of aromatic nitrogens is 1. The summed E-state index contributed by atoms with van der Waals surface area (Å²) in [6.45, 7) is 4.84. The van der Waals surface area contributed by atoms with Gasteiger partial charge in [-0.2, -0.15) is 0 Å². The van der Waals surface area contributed by atoms with E-state index in [9.17, 15) is 4.79 Å². The average molecular weight is 459 g/mol. The molecule has 2 fully saturated rings. The van der Waals surface area contributed by atoms with Crippen molar-refractivity contribution >= 4 is 11.5 Å². The van der Waals surface area contributed by atoms with Gasteiger partial charge in [0.2, 0.25) is 0 Å². The van der Waals surface area contributed by atoms with Gasteiger partial charge < -0.3 is 19.4 Å². The molecule has 1 saturated carbocycles. The quantitative estimate of drug-likeness (QED) is 0.397. The Morgan fingerprint density at radius 1 is 1.03 bits per heavy atom. The Morgan fingerprint density at radius 3 is 2.50 bits per heavy atom. The third-order valence-electron chi connectivity index (χ3n) is 6.88. The van der Waals surface area contributed by atoms with Crippen LogP contribution in [-0.2, 0) is 11.2 Å². The third kappa shape index (κ3) is 6.02. The maximum atomic E-state index is 12.4. The topological polar surface area (TPSA) is 54.6 Å². The molecule has 2 aliphatic rings. The number of Topliss-reactive ketones (excluding diaryl/α,β-unsaturated/α-hetero) is 1. The first-order valence-electron chi connectivity index (χ1n) is 12.5. The van der Waals surface area contributed by atoms with Crippen LogP contribution in [0.25, 0.3) is 0 Å². The number of anilines is 1. The van der Waals surface area contributed by atoms with E-state index in [0.717, 1.165) is 49.1 Å². The molecule has 2 heterocycles. The van der Waals surface area contributed by atoms with Gasteiger partial charge in [-0.1, -0.05) is 19.1 Å². The molecule has 3 aromatic rings. The zero-order valence-electron chi connectivity index (χ0n) is 19.9. The summed E-state index contributed by atoms with van der Waals surface area (Å²) in [5, 5.41) is 0. The number of benzene rings is 2. The van der Waals surface area contributed by atoms with Crippen LogP contribution in [0, 0.1) is 5.92 Å². The minimum absolute atomic E-state index is 0.178. The van der Waals surface area contributed by atoms with Crippen LogP contribution in [0.4, 0.5) is 5.69 Å². The standard InChI is InChI=1S/C29H34N2O3/c1-21(16-26(32)17-23-12-14-30-18-23)24-4-8-28(9-5-24)34-29-13-15-31(19-29)25-6-10-27(11-7-25)33-20-22-2-3-22/h4-12,14,18,21-22,29-30H,2-3,13,15-17,19-20H2,1H3/t21-,29-/m1/s1. The Hall–Kier alpha value is -3.21. The Bertz CT molecular complexity index is 1060. The van der Waals surface area contributed by atoms with Gasteiger partial charge in [-0.25, -0.2) is 0 Å². The number of ketones is 1. The number of ether oxygens (including phenoxy) is 2. The predicted molar refractivity (Wildman–Crippen MR) is 135 cm³/mol. The minimum Gasteiger partial charge on any atom is -0.493 e. The van der Waals surface area contributed by atoms with E-state index in [4.69, 9.17) is 9.47 Å². The van der Waals surface area contributed by atoms with Gasteiger partial charge in [0.05, 0.1) is 13.2 Å². The Labute approximate surface area is 202 Å². The smallest absolute Gasteiger partial charge is 0.137 e. The molecule has 1 N–H and O–H groups in total. The lowest BCUT2D eigenvalue weighted by atomic mass is 9.94. The Morgan fingerprint density at radius 2 is 1.79 bits per heavy atom. The van der Waals surface area contributed by atoms with E-state index in [1.165, 1.54) is 24.1 Å². The molecule has 0 bridgehead atoms. The van der Waals surface area contributed by atoms with E-state index < -0.39 is 0 Å². The van der Waals surface area contributed by atoms with Crippen LogP contribution in [0.5, 0.6) is 11.5 Å². The molecule has 0 amide bonds. The number of hydrogen-bond acceptors (Lipinski definition) is 4. The summed E-state index contributed by atoms with van der Waals surface area (Å²) >= 11 is 0. The molecule has 34 heavy (non-hydrogen) atoms. The van der Waals surface area contributed by atoms with Gasteiger partial charge in [0.25, 0.3) is 0 Å². The molecule has 2 atom stereocenters. The number of rotatable bonds is 11. The second-order valence-corrected chi connectivity index (χ2v) is 9.83. The molecule has 1 aliphatic heterocycles. The summed E-state index contributed by atoms with van der Waals surface area (Å²) in [5.41, 5.74) is 3.44. The fourth-order valence-electron chi connectivity index (χ4n) is 4.61. The van der Waals surface area contributed by atoms with Crippen LogP contribution >= 0.6 is 0 Å². The summed E-state index contributed by atoms with van der Waals surface area (Å²) in [7, 11) is 0. The largest absolute Gasteiger partial charge is 0.493 e. The fourth-order valence-corrected chi connectivity index (χ4v) is 4.61. The Kier molecular flexibility index (Phi) is 6.89. The molecule has 1 saturated heterocycles. The van der Waals surface area contributed by atoms with E-state index in [0.29, 0.717) is 12.8 Å². The van der Waals surface area contributed by atoms with Crippen molar-refractivity contribution in [2.45, 2.75) is 51.0 Å². The van der Waals surface area contributed by atoms with E-state index >= 15 is 0 Å². The summed E-state index contributed by atoms with van der Waals surface area (Å²) in [5.74, 6) is 3.08. The normalized spacial score (nSPS) is 18.6. The van der Waals surface area contributed by atoms with Crippen LogP contribution in [0.2, 0.25) is 0 Å². The van der Waals surface area contributed by atoms with Crippen molar-refractivity contribution in [3.63, 3.8) is 0 Å². The number of nitrogens with one attached hydrogen (secondary N) is 1. The number of carbonyl (C=O) groups is 1. The first-order valence-corrected chi connectivity index (χ1v) is 12.5. The lowest BCUT2D eigenvalue weighted by Gasteiger charge is -2.20. The maximum Gasteiger partial charge on any atom is 0.137 e. The fraction of sp³-hybridized carbons (Fsp3) is 0.414. The average Bonchev–Trinajstić information content (AvgIpc) is 3.32. The molecule has 1 aliphatic carbocycles. The van der Waals surface area contributed by atoms with Gasteiger partial charge in [0, 0.05) is 43.9 Å². The van der Waals surface area contributed by atoms with E-state index in [-0.39, 0.29) is 17.8 Å². The zero-order valence-corrected chi connectivity index (χ0v) is 19.9. The van der Waals surface area contributed by atoms with Crippen molar-refractivity contribution in [3.8, 4) is 11.5 Å². The summed E-state index contributed by atoms with van der Waals surface area (Å²) in [6, 6.07) is 18.7. The molecular formula is C29H34N2O3. The van der Waals surface area contributed by atoms with Gasteiger partial charge in [-0.05, 0) is 78.3 Å². The summed E-state index contributed by atoms with van der Waals surface area (Å²) in [6.07, 6.45) is 8.58. The molecule has 5 rings (SSSR count). The molecule has 0 spiro atoms. The van der Waals surface area contributed by atoms with Gasteiger partial charge in [-0.15, -0.1) is 0 Å². The number of hydrogen-bond donors (Lipinski definition) is 1. The molecule has 178 valence electrons. The third-order valence-corrected chi connectivity index (χ3v) is 6.88. The minimum atomic E-state index is 0.178. The number of aromatic amines is 1. The van der Waals surface area contributed by atoms with Crippen molar-refractivity contribution < 1.29 is 14.3 Å². The van der Waals surface area contributed by atoms with Crippen molar-refractivity contribution in [3.05, 3.63) is 78.1 Å². The maximum absolute atomic E-state index is 12.4. The predicted octanol–water partition coefficient (Wildman–Crippen LogP) is 5.77. The van der Waals surface area contributed by atoms with Crippen molar-refractivity contribution in [1.29, 1.82) is 0 Å². The van der Waals surface area contributed by atoms with Crippen molar-refractivity contribution in [2.24, 2.45) is 5.92 Å². The van der Waals surface area contributed by atoms with Crippen molar-refractivity contribution in [2.75, 3.05) is 24.6 Å². The van der Waals surface area contributed by atoms with Gasteiger partial charge in [0.15, 0.2) is 0 Å². The van der Waals surface area contributed by atoms with Gasteiger partial charge in [-0.3, -0.25) is 4.79 Å². The second-order valence-electron chi connectivity index (χ2n) is 9.83. The number of H-pyrrole nitrogens is 1. The highest BCUT2D eigenvalue weighted by Gasteiger charge is 2.25. The van der Waals surface area contributed by atoms with Gasteiger partial charge >= 0.3 is 0 Å². The van der Waals surface area contributed by atoms with Crippen molar-refractivity contribution in [1.82, 2.24) is 4.98 Å². The first kappa shape index (κ1) is 22.6. The molecule has 5 nitrogen and oxygen atoms in total. The first-order chi connectivity index (χ1) is 16.6. The van der Waals surface area contributed by atoms with E-state index in [1.54, 1.807) is 0 Å². The number of nitrogens with zero attached hydrogens (tertiary/aromatic N) is 1. The van der Waals surface area contributed by atoms with Crippen LogP contribution in [0.3, 0.4) is 0 Å². The highest BCUT2D eigenvalue weighted by molar-refractivity contribution is 5.81.